The Morgan fingerprint density at radius 1 is 1.24 bits per heavy atom. The lowest BCUT2D eigenvalue weighted by molar-refractivity contribution is -0.122. The van der Waals surface area contributed by atoms with Crippen LogP contribution in [0.5, 0.6) is 5.75 Å². The van der Waals surface area contributed by atoms with Crippen molar-refractivity contribution in [3.8, 4) is 5.75 Å². The van der Waals surface area contributed by atoms with Crippen LogP contribution in [0.1, 0.15) is 56.9 Å². The van der Waals surface area contributed by atoms with Crippen LogP contribution in [0.3, 0.4) is 0 Å². The zero-order valence-corrected chi connectivity index (χ0v) is 23.9. The fourth-order valence-corrected chi connectivity index (χ4v) is 6.63. The second-order valence-corrected chi connectivity index (χ2v) is 11.7. The van der Waals surface area contributed by atoms with Gasteiger partial charge in [0.2, 0.25) is 0 Å². The lowest BCUT2D eigenvalue weighted by Crippen LogP contribution is -2.48. The first-order valence-corrected chi connectivity index (χ1v) is 14.0. The van der Waals surface area contributed by atoms with Crippen molar-refractivity contribution in [2.45, 2.75) is 52.1 Å². The van der Waals surface area contributed by atoms with E-state index in [4.69, 9.17) is 25.7 Å². The minimum atomic E-state index is -0.128. The van der Waals surface area contributed by atoms with Crippen molar-refractivity contribution in [1.29, 1.82) is 0 Å². The number of carbonyl (C=O) groups is 1. The molecule has 198 valence electrons. The summed E-state index contributed by atoms with van der Waals surface area (Å²) in [5, 5.41) is 1.22. The normalized spacial score (nSPS) is 20.9. The summed E-state index contributed by atoms with van der Waals surface area (Å²) < 4.78 is 10.8. The van der Waals surface area contributed by atoms with Crippen molar-refractivity contribution >= 4 is 51.9 Å². The van der Waals surface area contributed by atoms with Gasteiger partial charge < -0.3 is 14.1 Å². The standard InChI is InChI=1S/C30H32ClN3O3S/c1-6-34-26-16-25(31)20(14-24(26)19(2)17-30(34,3)4)15-27-28(35)33(18-23-8-7-13-37-23)29(38-27)32-21-9-11-22(36-5)12-10-21/h7-16,19H,6,17-18H2,1-5H3/b27-15+,32-29?. The lowest BCUT2D eigenvalue weighted by Gasteiger charge is -2.47. The van der Waals surface area contributed by atoms with Gasteiger partial charge in [0.15, 0.2) is 5.17 Å². The molecule has 0 N–H and O–H groups in total. The first-order valence-electron chi connectivity index (χ1n) is 12.8. The van der Waals surface area contributed by atoms with Gasteiger partial charge in [0.05, 0.1) is 30.5 Å². The summed E-state index contributed by atoms with van der Waals surface area (Å²) in [6.07, 6.45) is 4.55. The minimum Gasteiger partial charge on any atom is -0.497 e. The number of rotatable bonds is 6. The number of carbonyl (C=O) groups excluding carboxylic acids is 1. The van der Waals surface area contributed by atoms with Crippen molar-refractivity contribution in [1.82, 2.24) is 4.90 Å². The monoisotopic (exact) mass is 549 g/mol. The fourth-order valence-electron chi connectivity index (χ4n) is 5.43. The van der Waals surface area contributed by atoms with Crippen LogP contribution in [-0.4, -0.2) is 35.2 Å². The number of nitrogens with zero attached hydrogens (tertiary/aromatic N) is 3. The second kappa shape index (κ2) is 10.5. The summed E-state index contributed by atoms with van der Waals surface area (Å²) >= 11 is 8.18. The number of fused-ring (bicyclic) bond motifs is 1. The maximum atomic E-state index is 13.6. The van der Waals surface area contributed by atoms with E-state index in [0.29, 0.717) is 33.3 Å². The second-order valence-electron chi connectivity index (χ2n) is 10.3. The van der Waals surface area contributed by atoms with Gasteiger partial charge >= 0.3 is 0 Å². The molecule has 2 aromatic carbocycles. The van der Waals surface area contributed by atoms with Crippen LogP contribution in [0.25, 0.3) is 6.08 Å². The molecule has 0 radical (unpaired) electrons. The molecule has 1 aromatic heterocycles. The van der Waals surface area contributed by atoms with E-state index < -0.39 is 0 Å². The van der Waals surface area contributed by atoms with Crippen molar-refractivity contribution in [2.24, 2.45) is 4.99 Å². The van der Waals surface area contributed by atoms with E-state index in [1.54, 1.807) is 18.3 Å². The lowest BCUT2D eigenvalue weighted by atomic mass is 9.79. The number of methoxy groups -OCH3 is 1. The summed E-state index contributed by atoms with van der Waals surface area (Å²) in [6, 6.07) is 15.3. The van der Waals surface area contributed by atoms with Crippen molar-refractivity contribution in [3.05, 3.63) is 81.6 Å². The molecule has 0 saturated carbocycles. The van der Waals surface area contributed by atoms with Gasteiger partial charge in [-0.2, -0.15) is 0 Å². The zero-order chi connectivity index (χ0) is 27.0. The zero-order valence-electron chi connectivity index (χ0n) is 22.3. The van der Waals surface area contributed by atoms with E-state index in [-0.39, 0.29) is 11.4 Å². The maximum Gasteiger partial charge on any atom is 0.267 e. The van der Waals surface area contributed by atoms with E-state index >= 15 is 0 Å². The molecule has 3 aromatic rings. The van der Waals surface area contributed by atoms with Gasteiger partial charge in [-0.05, 0) is 111 Å². The fraction of sp³-hybridized carbons (Fsp3) is 0.333. The molecule has 0 aliphatic carbocycles. The molecular weight excluding hydrogens is 518 g/mol. The number of hydrogen-bond donors (Lipinski definition) is 0. The Morgan fingerprint density at radius 2 is 2.00 bits per heavy atom. The molecule has 2 aliphatic rings. The highest BCUT2D eigenvalue weighted by Crippen LogP contribution is 2.46. The predicted octanol–water partition coefficient (Wildman–Crippen LogP) is 7.86. The molecule has 6 nitrogen and oxygen atoms in total. The highest BCUT2D eigenvalue weighted by atomic mass is 35.5. The Hall–Kier alpha value is -3.16. The van der Waals surface area contributed by atoms with Crippen LogP contribution in [0.2, 0.25) is 5.02 Å². The highest BCUT2D eigenvalue weighted by Gasteiger charge is 2.37. The number of benzene rings is 2. The van der Waals surface area contributed by atoms with Gasteiger partial charge in [-0.25, -0.2) is 4.99 Å². The van der Waals surface area contributed by atoms with Crippen molar-refractivity contribution in [2.75, 3.05) is 18.6 Å². The molecule has 0 spiro atoms. The van der Waals surface area contributed by atoms with Gasteiger partial charge in [0, 0.05) is 22.8 Å². The van der Waals surface area contributed by atoms with Crippen LogP contribution in [0.4, 0.5) is 11.4 Å². The van der Waals surface area contributed by atoms with Crippen LogP contribution in [0, 0.1) is 0 Å². The van der Waals surface area contributed by atoms with Gasteiger partial charge in [-0.1, -0.05) is 18.5 Å². The molecule has 38 heavy (non-hydrogen) atoms. The minimum absolute atomic E-state index is 0.0565. The molecule has 5 rings (SSSR count). The van der Waals surface area contributed by atoms with E-state index in [9.17, 15) is 4.79 Å². The molecule has 1 amide bonds. The summed E-state index contributed by atoms with van der Waals surface area (Å²) in [4.78, 5) is 23.1. The molecule has 3 heterocycles. The molecule has 8 heteroatoms. The largest absolute Gasteiger partial charge is 0.497 e. The number of thioether (sulfide) groups is 1. The van der Waals surface area contributed by atoms with Crippen LogP contribution in [-0.2, 0) is 11.3 Å². The number of aliphatic imine (C=N–C) groups is 1. The summed E-state index contributed by atoms with van der Waals surface area (Å²) in [7, 11) is 1.63. The van der Waals surface area contributed by atoms with Gasteiger partial charge in [0.25, 0.3) is 5.91 Å². The van der Waals surface area contributed by atoms with Gasteiger partial charge in [0.1, 0.15) is 11.5 Å². The van der Waals surface area contributed by atoms with Gasteiger partial charge in [-0.3, -0.25) is 9.69 Å². The third-order valence-electron chi connectivity index (χ3n) is 7.19. The number of amides is 1. The number of hydrogen-bond acceptors (Lipinski definition) is 6. The third kappa shape index (κ3) is 5.09. The molecular formula is C30H32ClN3O3S. The predicted molar refractivity (Wildman–Crippen MR) is 156 cm³/mol. The van der Waals surface area contributed by atoms with E-state index in [1.807, 2.05) is 42.5 Å². The maximum absolute atomic E-state index is 13.6. The van der Waals surface area contributed by atoms with E-state index in [0.717, 1.165) is 30.0 Å². The average Bonchev–Trinajstić information content (AvgIpc) is 3.49. The molecule has 0 bridgehead atoms. The first kappa shape index (κ1) is 26.4. The topological polar surface area (TPSA) is 58.3 Å². The number of furan rings is 1. The molecule has 1 fully saturated rings. The highest BCUT2D eigenvalue weighted by molar-refractivity contribution is 8.18. The summed E-state index contributed by atoms with van der Waals surface area (Å²) in [5.41, 5.74) is 4.07. The SMILES string of the molecule is CCN1c2cc(Cl)c(/C=C3/SC(=Nc4ccc(OC)cc4)N(Cc4ccco4)C3=O)cc2C(C)CC1(C)C. The van der Waals surface area contributed by atoms with Crippen molar-refractivity contribution < 1.29 is 13.9 Å². The van der Waals surface area contributed by atoms with Crippen molar-refractivity contribution in [3.63, 3.8) is 0 Å². The third-order valence-corrected chi connectivity index (χ3v) is 8.52. The van der Waals surface area contributed by atoms with Crippen LogP contribution in [0.15, 0.2) is 69.1 Å². The van der Waals surface area contributed by atoms with Gasteiger partial charge in [-0.15, -0.1) is 0 Å². The Bertz CT molecular complexity index is 1400. The molecule has 1 unspecified atom stereocenters. The van der Waals surface area contributed by atoms with E-state index in [1.165, 1.54) is 23.0 Å². The van der Waals surface area contributed by atoms with Crippen LogP contribution >= 0.6 is 23.4 Å². The Kier molecular flexibility index (Phi) is 7.34. The molecule has 1 atom stereocenters. The average molecular weight is 550 g/mol. The van der Waals surface area contributed by atoms with Crippen LogP contribution < -0.4 is 9.64 Å². The number of anilines is 1. The van der Waals surface area contributed by atoms with E-state index in [2.05, 4.69) is 44.7 Å². The summed E-state index contributed by atoms with van der Waals surface area (Å²) in [5.74, 6) is 1.69. The number of halogens is 1. The Morgan fingerprint density at radius 3 is 2.66 bits per heavy atom. The quantitative estimate of drug-likeness (QED) is 0.293. The number of ether oxygens (including phenoxy) is 1. The summed E-state index contributed by atoms with van der Waals surface area (Å²) in [6.45, 7) is 10.2. The smallest absolute Gasteiger partial charge is 0.267 e. The number of amidine groups is 1. The molecule has 1 saturated heterocycles. The Labute approximate surface area is 233 Å². The Balaban J connectivity index is 1.52. The molecule has 2 aliphatic heterocycles. The first-order chi connectivity index (χ1) is 18.2.